The lowest BCUT2D eigenvalue weighted by molar-refractivity contribution is -0.141. The maximum Gasteiger partial charge on any atom is 0.306 e. The first kappa shape index (κ1) is 8.77. The zero-order valence-electron chi connectivity index (χ0n) is 7.07. The number of hydrogen-bond donors (Lipinski definition) is 1. The molecule has 1 aromatic heterocycles. The molecule has 0 saturated carbocycles. The normalized spacial score (nSPS) is 12.8. The van der Waals surface area contributed by atoms with E-state index in [0.717, 1.165) is 5.69 Å². The van der Waals surface area contributed by atoms with Crippen LogP contribution in [0.2, 0.25) is 0 Å². The molecule has 1 aromatic rings. The molecule has 0 radical (unpaired) electrons. The van der Waals surface area contributed by atoms with Crippen molar-refractivity contribution in [2.24, 2.45) is 5.92 Å². The van der Waals surface area contributed by atoms with Gasteiger partial charge in [0.05, 0.1) is 11.6 Å². The van der Waals surface area contributed by atoms with Gasteiger partial charge in [-0.1, -0.05) is 6.92 Å². The van der Waals surface area contributed by atoms with E-state index in [0.29, 0.717) is 12.3 Å². The summed E-state index contributed by atoms with van der Waals surface area (Å²) < 4.78 is 5.01. The van der Waals surface area contributed by atoms with E-state index in [4.69, 9.17) is 9.52 Å². The molecule has 0 bridgehead atoms. The molecule has 0 fully saturated rings. The van der Waals surface area contributed by atoms with Gasteiger partial charge in [-0.2, -0.15) is 0 Å². The summed E-state index contributed by atoms with van der Waals surface area (Å²) in [4.78, 5) is 14.4. The van der Waals surface area contributed by atoms with Crippen molar-refractivity contribution in [3.8, 4) is 0 Å². The summed E-state index contributed by atoms with van der Waals surface area (Å²) in [7, 11) is 0. The Bertz CT molecular complexity index is 280. The fourth-order valence-corrected chi connectivity index (χ4v) is 0.846. The fourth-order valence-electron chi connectivity index (χ4n) is 0.846. The lowest BCUT2D eigenvalue weighted by atomic mass is 10.1. The molecule has 0 aromatic carbocycles. The van der Waals surface area contributed by atoms with E-state index < -0.39 is 11.9 Å². The van der Waals surface area contributed by atoms with Crippen molar-refractivity contribution in [2.45, 2.75) is 20.3 Å². The van der Waals surface area contributed by atoms with Gasteiger partial charge in [0, 0.05) is 6.42 Å². The highest BCUT2D eigenvalue weighted by atomic mass is 16.4. The van der Waals surface area contributed by atoms with Gasteiger partial charge in [-0.25, -0.2) is 4.98 Å². The third kappa shape index (κ3) is 2.08. The molecular weight excluding hydrogens is 158 g/mol. The predicted octanol–water partition coefficient (Wildman–Crippen LogP) is 1.25. The maximum atomic E-state index is 10.4. The van der Waals surface area contributed by atoms with Gasteiger partial charge in [0.2, 0.25) is 0 Å². The second kappa shape index (κ2) is 3.38. The van der Waals surface area contributed by atoms with Gasteiger partial charge in [-0.3, -0.25) is 4.79 Å². The van der Waals surface area contributed by atoms with Crippen LogP contribution in [0, 0.1) is 12.8 Å². The van der Waals surface area contributed by atoms with E-state index in [9.17, 15) is 4.79 Å². The quantitative estimate of drug-likeness (QED) is 0.739. The number of nitrogens with zero attached hydrogens (tertiary/aromatic N) is 1. The van der Waals surface area contributed by atoms with E-state index in [1.54, 1.807) is 13.8 Å². The van der Waals surface area contributed by atoms with Gasteiger partial charge < -0.3 is 9.52 Å². The van der Waals surface area contributed by atoms with Crippen LogP contribution in [0.15, 0.2) is 10.7 Å². The van der Waals surface area contributed by atoms with Crippen LogP contribution in [0.5, 0.6) is 0 Å². The van der Waals surface area contributed by atoms with Gasteiger partial charge >= 0.3 is 5.97 Å². The fraction of sp³-hybridized carbons (Fsp3) is 0.500. The third-order valence-electron chi connectivity index (χ3n) is 1.57. The molecule has 0 aliphatic rings. The second-order valence-electron chi connectivity index (χ2n) is 2.83. The summed E-state index contributed by atoms with van der Waals surface area (Å²) in [6.07, 6.45) is 1.87. The minimum Gasteiger partial charge on any atom is -0.481 e. The van der Waals surface area contributed by atoms with Crippen LogP contribution < -0.4 is 0 Å². The first-order chi connectivity index (χ1) is 5.59. The van der Waals surface area contributed by atoms with E-state index in [2.05, 4.69) is 4.98 Å². The Hall–Kier alpha value is -1.32. The molecule has 0 saturated heterocycles. The van der Waals surface area contributed by atoms with E-state index in [1.807, 2.05) is 0 Å². The molecule has 66 valence electrons. The molecule has 12 heavy (non-hydrogen) atoms. The predicted molar refractivity (Wildman–Crippen MR) is 41.7 cm³/mol. The minimum atomic E-state index is -0.828. The molecule has 4 nitrogen and oxygen atoms in total. The van der Waals surface area contributed by atoms with Crippen molar-refractivity contribution in [3.05, 3.63) is 17.8 Å². The number of hydrogen-bond acceptors (Lipinski definition) is 3. The zero-order valence-corrected chi connectivity index (χ0v) is 7.07. The van der Waals surface area contributed by atoms with Crippen molar-refractivity contribution in [2.75, 3.05) is 0 Å². The number of carboxylic acids is 1. The van der Waals surface area contributed by atoms with E-state index in [-0.39, 0.29) is 0 Å². The smallest absolute Gasteiger partial charge is 0.306 e. The number of rotatable bonds is 3. The first-order valence-corrected chi connectivity index (χ1v) is 3.73. The van der Waals surface area contributed by atoms with Crippen molar-refractivity contribution >= 4 is 5.97 Å². The van der Waals surface area contributed by atoms with Crippen LogP contribution in [-0.4, -0.2) is 16.1 Å². The summed E-state index contributed by atoms with van der Waals surface area (Å²) in [6, 6.07) is 0. The maximum absolute atomic E-state index is 10.4. The van der Waals surface area contributed by atoms with Crippen LogP contribution >= 0.6 is 0 Å². The second-order valence-corrected chi connectivity index (χ2v) is 2.83. The minimum absolute atomic E-state index is 0.350. The lowest BCUT2D eigenvalue weighted by Gasteiger charge is -2.00. The van der Waals surface area contributed by atoms with Gasteiger partial charge in [0.1, 0.15) is 6.26 Å². The standard InChI is InChI=1S/C8H11NO3/c1-5(8(10)11)3-7-9-6(2)4-12-7/h4-5H,3H2,1-2H3,(H,10,11). The van der Waals surface area contributed by atoms with Crippen molar-refractivity contribution < 1.29 is 14.3 Å². The molecule has 0 aliphatic carbocycles. The number of aliphatic carboxylic acids is 1. The molecule has 1 unspecified atom stereocenters. The van der Waals surface area contributed by atoms with Crippen molar-refractivity contribution in [3.63, 3.8) is 0 Å². The molecule has 0 spiro atoms. The Morgan fingerprint density at radius 2 is 2.50 bits per heavy atom. The molecular formula is C8H11NO3. The van der Waals surface area contributed by atoms with E-state index in [1.165, 1.54) is 6.26 Å². The van der Waals surface area contributed by atoms with Crippen LogP contribution in [-0.2, 0) is 11.2 Å². The lowest BCUT2D eigenvalue weighted by Crippen LogP contribution is -2.12. The number of oxazole rings is 1. The molecule has 0 aliphatic heterocycles. The zero-order chi connectivity index (χ0) is 9.14. The van der Waals surface area contributed by atoms with Gasteiger partial charge in [-0.15, -0.1) is 0 Å². The third-order valence-corrected chi connectivity index (χ3v) is 1.57. The molecule has 1 atom stereocenters. The number of carboxylic acid groups (broad SMARTS) is 1. The highest BCUT2D eigenvalue weighted by Crippen LogP contribution is 2.07. The summed E-state index contributed by atoms with van der Waals surface area (Å²) in [6.45, 7) is 3.43. The van der Waals surface area contributed by atoms with Gasteiger partial charge in [-0.05, 0) is 6.92 Å². The van der Waals surface area contributed by atoms with Gasteiger partial charge in [0.15, 0.2) is 5.89 Å². The van der Waals surface area contributed by atoms with Crippen LogP contribution in [0.3, 0.4) is 0 Å². The van der Waals surface area contributed by atoms with Crippen LogP contribution in [0.4, 0.5) is 0 Å². The Kier molecular flexibility index (Phi) is 2.47. The van der Waals surface area contributed by atoms with Crippen molar-refractivity contribution in [1.29, 1.82) is 0 Å². The molecule has 0 amide bonds. The van der Waals surface area contributed by atoms with Crippen LogP contribution in [0.1, 0.15) is 18.5 Å². The van der Waals surface area contributed by atoms with Crippen molar-refractivity contribution in [1.82, 2.24) is 4.98 Å². The number of aryl methyl sites for hydroxylation is 1. The summed E-state index contributed by atoms with van der Waals surface area (Å²) in [5, 5.41) is 8.58. The van der Waals surface area contributed by atoms with E-state index >= 15 is 0 Å². The van der Waals surface area contributed by atoms with Gasteiger partial charge in [0.25, 0.3) is 0 Å². The number of aromatic nitrogens is 1. The number of carbonyl (C=O) groups is 1. The summed E-state index contributed by atoms with van der Waals surface area (Å²) in [5.41, 5.74) is 0.780. The molecule has 1 rings (SSSR count). The first-order valence-electron chi connectivity index (χ1n) is 3.73. The SMILES string of the molecule is Cc1coc(CC(C)C(=O)O)n1. The Balaban J connectivity index is 2.58. The summed E-state index contributed by atoms with van der Waals surface area (Å²) in [5.74, 6) is -0.781. The Labute approximate surface area is 70.2 Å². The largest absolute Gasteiger partial charge is 0.481 e. The highest BCUT2D eigenvalue weighted by molar-refractivity contribution is 5.69. The van der Waals surface area contributed by atoms with Crippen LogP contribution in [0.25, 0.3) is 0 Å². The average Bonchev–Trinajstić information content (AvgIpc) is 2.35. The Morgan fingerprint density at radius 1 is 1.83 bits per heavy atom. The summed E-state index contributed by atoms with van der Waals surface area (Å²) >= 11 is 0. The monoisotopic (exact) mass is 169 g/mol. The highest BCUT2D eigenvalue weighted by Gasteiger charge is 2.14. The molecule has 4 heteroatoms. The average molecular weight is 169 g/mol. The Morgan fingerprint density at radius 3 is 2.92 bits per heavy atom. The molecule has 1 heterocycles. The molecule has 1 N–H and O–H groups in total. The topological polar surface area (TPSA) is 63.3 Å².